The molecule has 0 saturated heterocycles. The molecule has 6 nitrogen and oxygen atoms in total. The number of hydrogen-bond donors (Lipinski definition) is 2. The molecule has 2 rings (SSSR count). The number of benzene rings is 1. The van der Waals surface area contributed by atoms with Crippen LogP contribution >= 0.6 is 0 Å². The third kappa shape index (κ3) is 3.88. The number of carbonyl (C=O) groups is 1. The van der Waals surface area contributed by atoms with Gasteiger partial charge in [-0.15, -0.1) is 0 Å². The Morgan fingerprint density at radius 1 is 1.40 bits per heavy atom. The van der Waals surface area contributed by atoms with E-state index in [4.69, 9.17) is 14.6 Å². The summed E-state index contributed by atoms with van der Waals surface area (Å²) in [6, 6.07) is 5.37. The minimum atomic E-state index is -1.20. The van der Waals surface area contributed by atoms with E-state index in [0.717, 1.165) is 18.4 Å². The van der Waals surface area contributed by atoms with Gasteiger partial charge in [0.2, 0.25) is 0 Å². The lowest BCUT2D eigenvalue weighted by atomic mass is 10.2. The van der Waals surface area contributed by atoms with E-state index in [0.29, 0.717) is 11.5 Å². The fourth-order valence-electron chi connectivity index (χ4n) is 2.21. The summed E-state index contributed by atoms with van der Waals surface area (Å²) in [4.78, 5) is 10.3. The van der Waals surface area contributed by atoms with Crippen molar-refractivity contribution in [1.82, 2.24) is 5.43 Å². The summed E-state index contributed by atoms with van der Waals surface area (Å²) in [6.07, 6.45) is 4.96. The molecule has 6 heteroatoms. The maximum absolute atomic E-state index is 10.3. The van der Waals surface area contributed by atoms with Crippen LogP contribution in [0.3, 0.4) is 0 Å². The molecule has 1 aliphatic carbocycles. The molecule has 0 aliphatic heterocycles. The second-order valence-corrected chi connectivity index (χ2v) is 4.61. The van der Waals surface area contributed by atoms with Gasteiger partial charge in [0.1, 0.15) is 0 Å². The van der Waals surface area contributed by atoms with Crippen molar-refractivity contribution in [1.29, 1.82) is 0 Å². The molecule has 1 aromatic carbocycles. The summed E-state index contributed by atoms with van der Waals surface area (Å²) < 4.78 is 11.2. The molecule has 20 heavy (non-hydrogen) atoms. The minimum Gasteiger partial charge on any atom is -0.493 e. The maximum atomic E-state index is 10.3. The minimum absolute atomic E-state index is 0.230. The van der Waals surface area contributed by atoms with Crippen LogP contribution in [-0.4, -0.2) is 30.6 Å². The Kier molecular flexibility index (Phi) is 4.81. The standard InChI is InChI=1S/C14H18N2O4/c1-19-12-7-6-10(9-15-16-14(17)18)8-13(12)20-11-4-2-3-5-11/h6-9,11,16H,2-5H2,1H3,(H,17,18)/b15-9+. The third-order valence-electron chi connectivity index (χ3n) is 3.16. The van der Waals surface area contributed by atoms with E-state index in [2.05, 4.69) is 5.10 Å². The van der Waals surface area contributed by atoms with Gasteiger partial charge < -0.3 is 14.6 Å². The first-order chi connectivity index (χ1) is 9.69. The van der Waals surface area contributed by atoms with Crippen LogP contribution in [-0.2, 0) is 0 Å². The second kappa shape index (κ2) is 6.79. The van der Waals surface area contributed by atoms with Gasteiger partial charge >= 0.3 is 6.09 Å². The van der Waals surface area contributed by atoms with Gasteiger partial charge in [0.25, 0.3) is 0 Å². The zero-order valence-electron chi connectivity index (χ0n) is 11.3. The lowest BCUT2D eigenvalue weighted by Gasteiger charge is -2.16. The van der Waals surface area contributed by atoms with Gasteiger partial charge in [-0.05, 0) is 49.4 Å². The van der Waals surface area contributed by atoms with Crippen molar-refractivity contribution < 1.29 is 19.4 Å². The van der Waals surface area contributed by atoms with Crippen molar-refractivity contribution in [2.24, 2.45) is 5.10 Å². The highest BCUT2D eigenvalue weighted by molar-refractivity contribution is 5.81. The molecule has 0 atom stereocenters. The monoisotopic (exact) mass is 278 g/mol. The lowest BCUT2D eigenvalue weighted by molar-refractivity contribution is 0.195. The van der Waals surface area contributed by atoms with E-state index in [1.165, 1.54) is 19.1 Å². The van der Waals surface area contributed by atoms with Crippen molar-refractivity contribution in [3.63, 3.8) is 0 Å². The van der Waals surface area contributed by atoms with Crippen LogP contribution in [0.1, 0.15) is 31.2 Å². The number of nitrogens with zero attached hydrogens (tertiary/aromatic N) is 1. The van der Waals surface area contributed by atoms with Crippen LogP contribution < -0.4 is 14.9 Å². The number of amides is 1. The summed E-state index contributed by atoms with van der Waals surface area (Å²) in [7, 11) is 1.59. The molecule has 1 fully saturated rings. The molecule has 1 saturated carbocycles. The smallest absolute Gasteiger partial charge is 0.425 e. The molecule has 1 amide bonds. The van der Waals surface area contributed by atoms with Crippen LogP contribution in [0.2, 0.25) is 0 Å². The van der Waals surface area contributed by atoms with Crippen molar-refractivity contribution in [3.8, 4) is 11.5 Å². The van der Waals surface area contributed by atoms with E-state index in [-0.39, 0.29) is 6.10 Å². The van der Waals surface area contributed by atoms with Gasteiger partial charge in [-0.2, -0.15) is 5.10 Å². The first kappa shape index (κ1) is 14.2. The highest BCUT2D eigenvalue weighted by Gasteiger charge is 2.18. The van der Waals surface area contributed by atoms with Crippen LogP contribution in [0.25, 0.3) is 0 Å². The summed E-state index contributed by atoms with van der Waals surface area (Å²) in [5, 5.41) is 12.0. The normalized spacial score (nSPS) is 15.4. The molecular formula is C14H18N2O4. The highest BCUT2D eigenvalue weighted by Crippen LogP contribution is 2.32. The Bertz CT molecular complexity index is 496. The van der Waals surface area contributed by atoms with Crippen LogP contribution in [0.15, 0.2) is 23.3 Å². The first-order valence-electron chi connectivity index (χ1n) is 6.55. The molecule has 0 bridgehead atoms. The van der Waals surface area contributed by atoms with Crippen molar-refractivity contribution in [2.45, 2.75) is 31.8 Å². The maximum Gasteiger partial charge on any atom is 0.425 e. The first-order valence-corrected chi connectivity index (χ1v) is 6.55. The SMILES string of the molecule is COc1ccc(/C=N/NC(=O)O)cc1OC1CCCC1. The average Bonchev–Trinajstić information content (AvgIpc) is 2.91. The van der Waals surface area contributed by atoms with E-state index < -0.39 is 6.09 Å². The third-order valence-corrected chi connectivity index (χ3v) is 3.16. The van der Waals surface area contributed by atoms with Gasteiger partial charge in [0.05, 0.1) is 19.4 Å². The summed E-state index contributed by atoms with van der Waals surface area (Å²) in [6.45, 7) is 0. The van der Waals surface area contributed by atoms with Crippen LogP contribution in [0.5, 0.6) is 11.5 Å². The van der Waals surface area contributed by atoms with Crippen molar-refractivity contribution in [2.75, 3.05) is 7.11 Å². The molecule has 1 aliphatic rings. The second-order valence-electron chi connectivity index (χ2n) is 4.61. The molecule has 108 valence electrons. The zero-order chi connectivity index (χ0) is 14.4. The Balaban J connectivity index is 2.10. The lowest BCUT2D eigenvalue weighted by Crippen LogP contribution is -2.14. The van der Waals surface area contributed by atoms with E-state index in [9.17, 15) is 4.79 Å². The number of rotatable bonds is 5. The molecule has 2 N–H and O–H groups in total. The van der Waals surface area contributed by atoms with E-state index in [1.807, 2.05) is 5.43 Å². The van der Waals surface area contributed by atoms with Gasteiger partial charge in [-0.25, -0.2) is 10.2 Å². The predicted molar refractivity (Wildman–Crippen MR) is 74.6 cm³/mol. The molecular weight excluding hydrogens is 260 g/mol. The Hall–Kier alpha value is -2.24. The topological polar surface area (TPSA) is 80.2 Å². The van der Waals surface area contributed by atoms with Gasteiger partial charge in [-0.1, -0.05) is 0 Å². The molecule has 0 spiro atoms. The number of hydrogen-bond acceptors (Lipinski definition) is 4. The summed E-state index contributed by atoms with van der Waals surface area (Å²) in [5.41, 5.74) is 2.67. The molecule has 0 heterocycles. The Morgan fingerprint density at radius 3 is 2.80 bits per heavy atom. The number of nitrogens with one attached hydrogen (secondary N) is 1. The Morgan fingerprint density at radius 2 is 2.15 bits per heavy atom. The van der Waals surface area contributed by atoms with Gasteiger partial charge in [0, 0.05) is 0 Å². The number of carboxylic acid groups (broad SMARTS) is 1. The zero-order valence-corrected chi connectivity index (χ0v) is 11.3. The van der Waals surface area contributed by atoms with Gasteiger partial charge in [0.15, 0.2) is 11.5 Å². The molecule has 1 aromatic rings. The van der Waals surface area contributed by atoms with Crippen molar-refractivity contribution in [3.05, 3.63) is 23.8 Å². The summed E-state index contributed by atoms with van der Waals surface area (Å²) in [5.74, 6) is 1.33. The number of ether oxygens (including phenoxy) is 2. The fraction of sp³-hybridized carbons (Fsp3) is 0.429. The van der Waals surface area contributed by atoms with E-state index in [1.54, 1.807) is 25.3 Å². The highest BCUT2D eigenvalue weighted by atomic mass is 16.5. The number of hydrazone groups is 1. The van der Waals surface area contributed by atoms with Gasteiger partial charge in [-0.3, -0.25) is 0 Å². The van der Waals surface area contributed by atoms with E-state index >= 15 is 0 Å². The average molecular weight is 278 g/mol. The number of methoxy groups -OCH3 is 1. The quantitative estimate of drug-likeness (QED) is 0.641. The summed E-state index contributed by atoms with van der Waals surface area (Å²) >= 11 is 0. The molecule has 0 radical (unpaired) electrons. The largest absolute Gasteiger partial charge is 0.493 e. The Labute approximate surface area is 117 Å². The predicted octanol–water partition coefficient (Wildman–Crippen LogP) is 2.62. The van der Waals surface area contributed by atoms with Crippen LogP contribution in [0.4, 0.5) is 4.79 Å². The fourth-order valence-corrected chi connectivity index (χ4v) is 2.21. The van der Waals surface area contributed by atoms with Crippen LogP contribution in [0, 0.1) is 0 Å². The molecule has 0 unspecified atom stereocenters. The molecule has 0 aromatic heterocycles. The van der Waals surface area contributed by atoms with Crippen molar-refractivity contribution >= 4 is 12.3 Å².